The Morgan fingerprint density at radius 2 is 2.04 bits per heavy atom. The molecular weight excluding hydrogens is 341 g/mol. The lowest BCUT2D eigenvalue weighted by atomic mass is 10.1. The van der Waals surface area contributed by atoms with Gasteiger partial charge in [-0.3, -0.25) is 14.4 Å². The molecule has 2 amide bonds. The van der Waals surface area contributed by atoms with Crippen LogP contribution in [0.1, 0.15) is 17.5 Å². The Hall–Kier alpha value is -2.58. The predicted octanol–water partition coefficient (Wildman–Crippen LogP) is 1.60. The SMILES string of the molecule is CN(CC(=O)O)C(=O)C1CC(=O)N(Cc2cccc(C(F)(F)F)c2)C1. The Morgan fingerprint density at radius 1 is 1.36 bits per heavy atom. The van der Waals surface area contributed by atoms with Crippen molar-refractivity contribution in [2.45, 2.75) is 19.1 Å². The van der Waals surface area contributed by atoms with Gasteiger partial charge in [-0.2, -0.15) is 13.2 Å². The average molecular weight is 358 g/mol. The van der Waals surface area contributed by atoms with Crippen molar-refractivity contribution in [1.29, 1.82) is 0 Å². The first-order chi connectivity index (χ1) is 11.6. The van der Waals surface area contributed by atoms with Gasteiger partial charge in [0, 0.05) is 26.6 Å². The molecule has 1 N–H and O–H groups in total. The highest BCUT2D eigenvalue weighted by molar-refractivity contribution is 5.90. The molecule has 0 spiro atoms. The minimum atomic E-state index is -4.47. The van der Waals surface area contributed by atoms with Gasteiger partial charge in [0.2, 0.25) is 11.8 Å². The van der Waals surface area contributed by atoms with Gasteiger partial charge < -0.3 is 14.9 Å². The molecular formula is C16H17F3N2O4. The Morgan fingerprint density at radius 3 is 2.64 bits per heavy atom. The summed E-state index contributed by atoms with van der Waals surface area (Å²) in [5.74, 6) is -2.68. The van der Waals surface area contributed by atoms with Crippen molar-refractivity contribution >= 4 is 17.8 Å². The van der Waals surface area contributed by atoms with Gasteiger partial charge >= 0.3 is 12.1 Å². The van der Waals surface area contributed by atoms with E-state index in [-0.39, 0.29) is 25.4 Å². The van der Waals surface area contributed by atoms with Gasteiger partial charge in [0.25, 0.3) is 0 Å². The lowest BCUT2D eigenvalue weighted by Crippen LogP contribution is -2.37. The molecule has 0 bridgehead atoms. The smallest absolute Gasteiger partial charge is 0.416 e. The molecule has 0 saturated carbocycles. The zero-order chi connectivity index (χ0) is 18.8. The van der Waals surface area contributed by atoms with Gasteiger partial charge in [-0.05, 0) is 17.7 Å². The van der Waals surface area contributed by atoms with Crippen LogP contribution in [-0.4, -0.2) is 52.8 Å². The van der Waals surface area contributed by atoms with Crippen molar-refractivity contribution in [2.75, 3.05) is 20.1 Å². The van der Waals surface area contributed by atoms with E-state index >= 15 is 0 Å². The van der Waals surface area contributed by atoms with E-state index in [2.05, 4.69) is 0 Å². The van der Waals surface area contributed by atoms with E-state index < -0.39 is 36.1 Å². The standard InChI is InChI=1S/C16H17F3N2O4/c1-20(9-14(23)24)15(25)11-6-13(22)21(8-11)7-10-3-2-4-12(5-10)16(17,18)19/h2-5,11H,6-9H2,1H3,(H,23,24). The largest absolute Gasteiger partial charge is 0.480 e. The summed E-state index contributed by atoms with van der Waals surface area (Å²) in [7, 11) is 1.33. The Kier molecular flexibility index (Phi) is 5.34. The van der Waals surface area contributed by atoms with Crippen LogP contribution in [-0.2, 0) is 27.1 Å². The number of alkyl halides is 3. The molecule has 6 nitrogen and oxygen atoms in total. The summed E-state index contributed by atoms with van der Waals surface area (Å²) < 4.78 is 38.2. The molecule has 1 saturated heterocycles. The van der Waals surface area contributed by atoms with Crippen LogP contribution in [0, 0.1) is 5.92 Å². The number of likely N-dealkylation sites (N-methyl/N-ethyl adjacent to an activating group) is 1. The first-order valence-corrected chi connectivity index (χ1v) is 7.48. The molecule has 9 heteroatoms. The first-order valence-electron chi connectivity index (χ1n) is 7.48. The summed E-state index contributed by atoms with van der Waals surface area (Å²) in [4.78, 5) is 37.2. The van der Waals surface area contributed by atoms with E-state index in [1.54, 1.807) is 0 Å². The summed E-state index contributed by atoms with van der Waals surface area (Å²) >= 11 is 0. The van der Waals surface area contributed by atoms with Gasteiger partial charge in [0.05, 0.1) is 11.5 Å². The maximum atomic E-state index is 12.7. The molecule has 1 atom stereocenters. The molecule has 136 valence electrons. The number of hydrogen-bond donors (Lipinski definition) is 1. The van der Waals surface area contributed by atoms with Gasteiger partial charge in [0.1, 0.15) is 6.54 Å². The van der Waals surface area contributed by atoms with Gasteiger partial charge in [0.15, 0.2) is 0 Å². The van der Waals surface area contributed by atoms with Gasteiger partial charge in [-0.1, -0.05) is 12.1 Å². The normalized spacial score (nSPS) is 17.7. The fourth-order valence-corrected chi connectivity index (χ4v) is 2.75. The van der Waals surface area contributed by atoms with Crippen molar-refractivity contribution < 1.29 is 32.7 Å². The summed E-state index contributed by atoms with van der Waals surface area (Å²) in [5, 5.41) is 8.70. The maximum absolute atomic E-state index is 12.7. The molecule has 1 aliphatic heterocycles. The van der Waals surface area contributed by atoms with Crippen molar-refractivity contribution in [3.63, 3.8) is 0 Å². The number of halogens is 3. The van der Waals surface area contributed by atoms with Crippen LogP contribution in [0.15, 0.2) is 24.3 Å². The van der Waals surface area contributed by atoms with E-state index in [1.807, 2.05) is 0 Å². The van der Waals surface area contributed by atoms with Crippen LogP contribution in [0.25, 0.3) is 0 Å². The third-order valence-corrected chi connectivity index (χ3v) is 3.94. The highest BCUT2D eigenvalue weighted by atomic mass is 19.4. The second-order valence-electron chi connectivity index (χ2n) is 5.96. The minimum Gasteiger partial charge on any atom is -0.480 e. The number of carboxylic acids is 1. The van der Waals surface area contributed by atoms with Crippen LogP contribution in [0.3, 0.4) is 0 Å². The topological polar surface area (TPSA) is 77.9 Å². The lowest BCUT2D eigenvalue weighted by molar-refractivity contribution is -0.145. The minimum absolute atomic E-state index is 0.0326. The van der Waals surface area contributed by atoms with Crippen LogP contribution >= 0.6 is 0 Å². The van der Waals surface area contributed by atoms with Crippen molar-refractivity contribution in [1.82, 2.24) is 9.80 Å². The molecule has 1 heterocycles. The lowest BCUT2D eigenvalue weighted by Gasteiger charge is -2.20. The number of hydrogen-bond acceptors (Lipinski definition) is 3. The summed E-state index contributed by atoms with van der Waals surface area (Å²) in [5.41, 5.74) is -0.486. The molecule has 0 radical (unpaired) electrons. The van der Waals surface area contributed by atoms with E-state index in [1.165, 1.54) is 24.1 Å². The van der Waals surface area contributed by atoms with Crippen molar-refractivity contribution in [3.05, 3.63) is 35.4 Å². The van der Waals surface area contributed by atoms with Gasteiger partial charge in [-0.15, -0.1) is 0 Å². The van der Waals surface area contributed by atoms with Crippen LogP contribution < -0.4 is 0 Å². The fourth-order valence-electron chi connectivity index (χ4n) is 2.75. The molecule has 0 aliphatic carbocycles. The monoisotopic (exact) mass is 358 g/mol. The van der Waals surface area contributed by atoms with Crippen LogP contribution in [0.4, 0.5) is 13.2 Å². The van der Waals surface area contributed by atoms with E-state index in [0.29, 0.717) is 5.56 Å². The van der Waals surface area contributed by atoms with Gasteiger partial charge in [-0.25, -0.2) is 0 Å². The predicted molar refractivity (Wildman–Crippen MR) is 80.2 cm³/mol. The summed E-state index contributed by atoms with van der Waals surface area (Å²) in [6.07, 6.45) is -4.55. The van der Waals surface area contributed by atoms with Crippen LogP contribution in [0.5, 0.6) is 0 Å². The van der Waals surface area contributed by atoms with E-state index in [9.17, 15) is 27.6 Å². The molecule has 1 unspecified atom stereocenters. The molecule has 1 aromatic rings. The van der Waals surface area contributed by atoms with E-state index in [4.69, 9.17) is 5.11 Å². The van der Waals surface area contributed by atoms with Crippen molar-refractivity contribution in [3.8, 4) is 0 Å². The van der Waals surface area contributed by atoms with E-state index in [0.717, 1.165) is 17.0 Å². The molecule has 1 aromatic carbocycles. The zero-order valence-corrected chi connectivity index (χ0v) is 13.4. The Bertz CT molecular complexity index is 690. The number of aliphatic carboxylic acids is 1. The quantitative estimate of drug-likeness (QED) is 0.867. The van der Waals surface area contributed by atoms with Crippen molar-refractivity contribution in [2.24, 2.45) is 5.92 Å². The summed E-state index contributed by atoms with van der Waals surface area (Å²) in [6, 6.07) is 4.66. The number of benzene rings is 1. The summed E-state index contributed by atoms with van der Waals surface area (Å²) in [6.45, 7) is -0.454. The first kappa shape index (κ1) is 18.8. The fraction of sp³-hybridized carbons (Fsp3) is 0.438. The average Bonchev–Trinajstić information content (AvgIpc) is 2.86. The highest BCUT2D eigenvalue weighted by Gasteiger charge is 2.36. The Balaban J connectivity index is 2.04. The number of amides is 2. The number of likely N-dealkylation sites (tertiary alicyclic amines) is 1. The zero-order valence-electron chi connectivity index (χ0n) is 13.4. The van der Waals surface area contributed by atoms with Crippen LogP contribution in [0.2, 0.25) is 0 Å². The number of rotatable bonds is 5. The number of carbonyl (C=O) groups is 3. The molecule has 0 aromatic heterocycles. The molecule has 1 fully saturated rings. The molecule has 2 rings (SSSR count). The second-order valence-corrected chi connectivity index (χ2v) is 5.96. The number of carbonyl (C=O) groups excluding carboxylic acids is 2. The Labute approximate surface area is 141 Å². The third kappa shape index (κ3) is 4.71. The molecule has 1 aliphatic rings. The molecule has 25 heavy (non-hydrogen) atoms. The number of nitrogens with zero attached hydrogens (tertiary/aromatic N) is 2. The third-order valence-electron chi connectivity index (χ3n) is 3.94. The maximum Gasteiger partial charge on any atom is 0.416 e. The number of carboxylic acid groups (broad SMARTS) is 1. The highest BCUT2D eigenvalue weighted by Crippen LogP contribution is 2.30. The second kappa shape index (κ2) is 7.12.